The van der Waals surface area contributed by atoms with Crippen molar-refractivity contribution in [3.05, 3.63) is 59.7 Å². The molecule has 1 aliphatic rings. The fraction of sp³-hybridized carbons (Fsp3) is 0.118. The van der Waals surface area contributed by atoms with Gasteiger partial charge in [-0.15, -0.1) is 0 Å². The predicted molar refractivity (Wildman–Crippen MR) is 90.9 cm³/mol. The van der Waals surface area contributed by atoms with Crippen molar-refractivity contribution in [2.24, 2.45) is 10.7 Å². The van der Waals surface area contributed by atoms with Gasteiger partial charge in [-0.3, -0.25) is 9.88 Å². The summed E-state index contributed by atoms with van der Waals surface area (Å²) in [5.74, 6) is 0.578. The number of nitrogens with zero attached hydrogens (tertiary/aromatic N) is 3. The van der Waals surface area contributed by atoms with Crippen LogP contribution in [0.5, 0.6) is 0 Å². The van der Waals surface area contributed by atoms with Crippen molar-refractivity contribution in [3.8, 4) is 0 Å². The third-order valence-electron chi connectivity index (χ3n) is 3.97. The van der Waals surface area contributed by atoms with E-state index in [0.29, 0.717) is 17.5 Å². The standard InChI is InChI=1S/C17H15N5O2/c1-24-15(23)11-8-6-10(7-9-11)14-20-16(18)21-17-19-12-4-2-3-5-13(12)22(14)17/h2-9,14H,1H3,(H3,18,19,20,21)/t14-/m0/s1. The van der Waals surface area contributed by atoms with E-state index >= 15 is 0 Å². The van der Waals surface area contributed by atoms with Gasteiger partial charge in [0, 0.05) is 0 Å². The fourth-order valence-corrected chi connectivity index (χ4v) is 2.85. The summed E-state index contributed by atoms with van der Waals surface area (Å²) in [5.41, 5.74) is 9.12. The average molecular weight is 321 g/mol. The summed E-state index contributed by atoms with van der Waals surface area (Å²) in [7, 11) is 1.36. The van der Waals surface area contributed by atoms with Gasteiger partial charge in [-0.2, -0.15) is 0 Å². The van der Waals surface area contributed by atoms with Crippen molar-refractivity contribution < 1.29 is 9.53 Å². The molecule has 0 saturated heterocycles. The van der Waals surface area contributed by atoms with Gasteiger partial charge in [0.15, 0.2) is 12.1 Å². The number of aromatic nitrogens is 2. The minimum Gasteiger partial charge on any atom is -0.465 e. The van der Waals surface area contributed by atoms with E-state index in [-0.39, 0.29) is 12.1 Å². The van der Waals surface area contributed by atoms with Crippen LogP contribution in [0.3, 0.4) is 0 Å². The van der Waals surface area contributed by atoms with E-state index in [4.69, 9.17) is 10.5 Å². The van der Waals surface area contributed by atoms with Gasteiger partial charge >= 0.3 is 5.97 Å². The maximum atomic E-state index is 11.6. The Bertz CT molecular complexity index is 959. The number of esters is 1. The predicted octanol–water partition coefficient (Wildman–Crippen LogP) is 2.11. The first-order valence-corrected chi connectivity index (χ1v) is 7.43. The molecule has 24 heavy (non-hydrogen) atoms. The zero-order valence-electron chi connectivity index (χ0n) is 12.9. The number of methoxy groups -OCH3 is 1. The number of hydrogen-bond acceptors (Lipinski definition) is 6. The lowest BCUT2D eigenvalue weighted by Gasteiger charge is -2.23. The maximum Gasteiger partial charge on any atom is 0.337 e. The molecule has 120 valence electrons. The molecule has 1 aliphatic heterocycles. The van der Waals surface area contributed by atoms with E-state index in [0.717, 1.165) is 16.6 Å². The molecule has 0 spiro atoms. The molecule has 0 bridgehead atoms. The fourth-order valence-electron chi connectivity index (χ4n) is 2.85. The van der Waals surface area contributed by atoms with E-state index < -0.39 is 0 Å². The van der Waals surface area contributed by atoms with Gasteiger partial charge in [0.2, 0.25) is 5.95 Å². The van der Waals surface area contributed by atoms with Gasteiger partial charge < -0.3 is 10.5 Å². The number of rotatable bonds is 2. The molecule has 0 amide bonds. The molecule has 0 saturated carbocycles. The highest BCUT2D eigenvalue weighted by Crippen LogP contribution is 2.32. The Hall–Kier alpha value is -3.35. The Kier molecular flexibility index (Phi) is 3.19. The Morgan fingerprint density at radius 2 is 1.96 bits per heavy atom. The summed E-state index contributed by atoms with van der Waals surface area (Å²) in [6, 6.07) is 14.9. The second-order valence-corrected chi connectivity index (χ2v) is 5.42. The zero-order chi connectivity index (χ0) is 16.7. The molecular formula is C17H15N5O2. The normalized spacial score (nSPS) is 16.2. The number of fused-ring (bicyclic) bond motifs is 3. The van der Waals surface area contributed by atoms with E-state index in [2.05, 4.69) is 15.3 Å². The van der Waals surface area contributed by atoms with E-state index in [9.17, 15) is 4.79 Å². The lowest BCUT2D eigenvalue weighted by Crippen LogP contribution is -2.31. The lowest BCUT2D eigenvalue weighted by molar-refractivity contribution is 0.0600. The van der Waals surface area contributed by atoms with E-state index in [1.807, 2.05) is 41.0 Å². The Labute approximate surface area is 137 Å². The highest BCUT2D eigenvalue weighted by atomic mass is 16.5. The highest BCUT2D eigenvalue weighted by molar-refractivity contribution is 5.94. The maximum absolute atomic E-state index is 11.6. The quantitative estimate of drug-likeness (QED) is 0.705. The molecular weight excluding hydrogens is 306 g/mol. The average Bonchev–Trinajstić information content (AvgIpc) is 2.98. The second-order valence-electron chi connectivity index (χ2n) is 5.42. The number of ether oxygens (including phenoxy) is 1. The summed E-state index contributed by atoms with van der Waals surface area (Å²) in [6.45, 7) is 0. The van der Waals surface area contributed by atoms with Crippen molar-refractivity contribution >= 4 is 28.9 Å². The minimum atomic E-state index is -0.372. The summed E-state index contributed by atoms with van der Waals surface area (Å²) < 4.78 is 6.71. The molecule has 0 radical (unpaired) electrons. The van der Waals surface area contributed by atoms with Crippen LogP contribution in [0, 0.1) is 0 Å². The molecule has 0 unspecified atom stereocenters. The van der Waals surface area contributed by atoms with Crippen LogP contribution in [0.4, 0.5) is 5.95 Å². The number of imidazole rings is 1. The summed E-state index contributed by atoms with van der Waals surface area (Å²) >= 11 is 0. The van der Waals surface area contributed by atoms with Crippen molar-refractivity contribution in [1.82, 2.24) is 9.55 Å². The van der Waals surface area contributed by atoms with Crippen LogP contribution in [0.2, 0.25) is 0 Å². The molecule has 2 aromatic carbocycles. The molecule has 7 nitrogen and oxygen atoms in total. The molecule has 0 fully saturated rings. The van der Waals surface area contributed by atoms with Crippen LogP contribution in [0.15, 0.2) is 53.5 Å². The SMILES string of the molecule is COC(=O)c1ccc([C@H]2N=C(N)Nc3nc4ccccc4n32)cc1. The lowest BCUT2D eigenvalue weighted by atomic mass is 10.1. The van der Waals surface area contributed by atoms with Gasteiger partial charge in [-0.25, -0.2) is 14.8 Å². The van der Waals surface area contributed by atoms with E-state index in [1.54, 1.807) is 12.1 Å². The first-order chi connectivity index (χ1) is 11.7. The van der Waals surface area contributed by atoms with Crippen LogP contribution in [-0.4, -0.2) is 28.6 Å². The van der Waals surface area contributed by atoms with Crippen molar-refractivity contribution in [3.63, 3.8) is 0 Å². The molecule has 0 aliphatic carbocycles. The second kappa shape index (κ2) is 5.38. The van der Waals surface area contributed by atoms with Crippen LogP contribution in [0.1, 0.15) is 22.1 Å². The number of nitrogens with one attached hydrogen (secondary N) is 1. The third-order valence-corrected chi connectivity index (χ3v) is 3.97. The first kappa shape index (κ1) is 14.3. The summed E-state index contributed by atoms with van der Waals surface area (Å²) in [4.78, 5) is 20.6. The largest absolute Gasteiger partial charge is 0.465 e. The van der Waals surface area contributed by atoms with Gasteiger partial charge in [0.05, 0.1) is 23.7 Å². The smallest absolute Gasteiger partial charge is 0.337 e. The van der Waals surface area contributed by atoms with Crippen LogP contribution < -0.4 is 11.1 Å². The number of benzene rings is 2. The summed E-state index contributed by atoms with van der Waals surface area (Å²) in [5, 5.41) is 2.99. The zero-order valence-corrected chi connectivity index (χ0v) is 12.9. The number of carbonyl (C=O) groups is 1. The minimum absolute atomic E-state index is 0.305. The number of aliphatic imine (C=N–C) groups is 1. The Balaban J connectivity index is 1.83. The Morgan fingerprint density at radius 1 is 1.21 bits per heavy atom. The summed E-state index contributed by atoms with van der Waals surface area (Å²) in [6.07, 6.45) is -0.347. The van der Waals surface area contributed by atoms with Crippen LogP contribution in [0.25, 0.3) is 11.0 Å². The first-order valence-electron chi connectivity index (χ1n) is 7.43. The molecule has 1 aromatic heterocycles. The molecule has 3 N–H and O–H groups in total. The monoisotopic (exact) mass is 321 g/mol. The molecule has 2 heterocycles. The highest BCUT2D eigenvalue weighted by Gasteiger charge is 2.25. The number of hydrogen-bond donors (Lipinski definition) is 2. The third kappa shape index (κ3) is 2.18. The molecule has 1 atom stereocenters. The molecule has 7 heteroatoms. The van der Waals surface area contributed by atoms with Crippen molar-refractivity contribution in [2.75, 3.05) is 12.4 Å². The number of carbonyl (C=O) groups excluding carboxylic acids is 1. The van der Waals surface area contributed by atoms with Gasteiger partial charge in [-0.05, 0) is 29.8 Å². The van der Waals surface area contributed by atoms with Gasteiger partial charge in [0.25, 0.3) is 0 Å². The molecule has 3 aromatic rings. The number of para-hydroxylation sites is 2. The van der Waals surface area contributed by atoms with Crippen LogP contribution >= 0.6 is 0 Å². The van der Waals surface area contributed by atoms with Gasteiger partial charge in [0.1, 0.15) is 0 Å². The topological polar surface area (TPSA) is 94.5 Å². The number of guanidine groups is 1. The van der Waals surface area contributed by atoms with Crippen LogP contribution in [-0.2, 0) is 4.74 Å². The molecule has 4 rings (SSSR count). The van der Waals surface area contributed by atoms with E-state index in [1.165, 1.54) is 7.11 Å². The Morgan fingerprint density at radius 3 is 2.71 bits per heavy atom. The van der Waals surface area contributed by atoms with Crippen molar-refractivity contribution in [1.29, 1.82) is 0 Å². The van der Waals surface area contributed by atoms with Gasteiger partial charge in [-0.1, -0.05) is 24.3 Å². The number of anilines is 1. The van der Waals surface area contributed by atoms with Crippen molar-refractivity contribution in [2.45, 2.75) is 6.17 Å². The number of nitrogens with two attached hydrogens (primary N) is 1.